The van der Waals surface area contributed by atoms with Gasteiger partial charge in [-0.15, -0.1) is 6.58 Å². The van der Waals surface area contributed by atoms with Crippen molar-refractivity contribution in [3.05, 3.63) is 24.8 Å². The molecule has 1 atom stereocenters. The molecule has 0 saturated carbocycles. The third-order valence-corrected chi connectivity index (χ3v) is 1.07. The van der Waals surface area contributed by atoms with Crippen LogP contribution in [0, 0.1) is 0 Å². The summed E-state index contributed by atoms with van der Waals surface area (Å²) in [5.41, 5.74) is -0.195. The fourth-order valence-corrected chi connectivity index (χ4v) is 0.443. The smallest absolute Gasteiger partial charge is 0.333 e. The quantitative estimate of drug-likeness (QED) is 0.445. The van der Waals surface area contributed by atoms with E-state index < -0.39 is 12.1 Å². The van der Waals surface area contributed by atoms with Crippen molar-refractivity contribution in [2.75, 3.05) is 0 Å². The maximum Gasteiger partial charge on any atom is 0.333 e. The summed E-state index contributed by atoms with van der Waals surface area (Å²) >= 11 is 0. The average Bonchev–Trinajstić information content (AvgIpc) is 1.87. The molecule has 0 aromatic rings. The maximum atomic E-state index is 10.1. The first-order valence-corrected chi connectivity index (χ1v) is 2.80. The molecule has 0 bridgehead atoms. The van der Waals surface area contributed by atoms with E-state index in [4.69, 9.17) is 10.2 Å². The molecule has 0 heterocycles. The minimum absolute atomic E-state index is 0.195. The zero-order valence-corrected chi connectivity index (χ0v) is 5.58. The highest BCUT2D eigenvalue weighted by Gasteiger charge is 2.12. The van der Waals surface area contributed by atoms with Crippen LogP contribution in [0.4, 0.5) is 0 Å². The van der Waals surface area contributed by atoms with Crippen LogP contribution in [0.1, 0.15) is 6.42 Å². The first-order valence-electron chi connectivity index (χ1n) is 2.80. The van der Waals surface area contributed by atoms with Crippen molar-refractivity contribution in [2.45, 2.75) is 12.5 Å². The molecular formula is C7H10O3. The minimum atomic E-state index is -1.17. The lowest BCUT2D eigenvalue weighted by atomic mass is 10.1. The van der Waals surface area contributed by atoms with Crippen LogP contribution in [0.15, 0.2) is 24.8 Å². The van der Waals surface area contributed by atoms with Gasteiger partial charge < -0.3 is 10.2 Å². The summed E-state index contributed by atoms with van der Waals surface area (Å²) in [5, 5.41) is 17.2. The van der Waals surface area contributed by atoms with Gasteiger partial charge in [-0.25, -0.2) is 4.79 Å². The van der Waals surface area contributed by atoms with Crippen LogP contribution in [0.25, 0.3) is 0 Å². The van der Waals surface area contributed by atoms with Gasteiger partial charge in [0.15, 0.2) is 0 Å². The van der Waals surface area contributed by atoms with Crippen LogP contribution < -0.4 is 0 Å². The Labute approximate surface area is 59.3 Å². The molecule has 0 amide bonds. The van der Waals surface area contributed by atoms with Crippen LogP contribution in [-0.2, 0) is 4.79 Å². The van der Waals surface area contributed by atoms with Gasteiger partial charge in [-0.05, 0) is 6.42 Å². The Morgan fingerprint density at radius 3 is 2.50 bits per heavy atom. The van der Waals surface area contributed by atoms with E-state index in [0.29, 0.717) is 0 Å². The molecule has 0 rings (SSSR count). The van der Waals surface area contributed by atoms with E-state index >= 15 is 0 Å². The molecule has 3 nitrogen and oxygen atoms in total. The van der Waals surface area contributed by atoms with Crippen molar-refractivity contribution in [1.82, 2.24) is 0 Å². The first kappa shape index (κ1) is 8.91. The Balaban J connectivity index is 3.94. The van der Waals surface area contributed by atoms with E-state index in [1.807, 2.05) is 0 Å². The van der Waals surface area contributed by atoms with Gasteiger partial charge in [-0.2, -0.15) is 0 Å². The largest absolute Gasteiger partial charge is 0.478 e. The van der Waals surface area contributed by atoms with Gasteiger partial charge in [-0.1, -0.05) is 12.7 Å². The molecule has 2 N–H and O–H groups in total. The molecule has 0 aromatic heterocycles. The van der Waals surface area contributed by atoms with Crippen molar-refractivity contribution in [3.8, 4) is 0 Å². The molecule has 0 aromatic carbocycles. The number of aliphatic hydroxyl groups is 1. The molecule has 56 valence electrons. The maximum absolute atomic E-state index is 10.1. The molecule has 0 unspecified atom stereocenters. The van der Waals surface area contributed by atoms with Crippen LogP contribution >= 0.6 is 0 Å². The van der Waals surface area contributed by atoms with Crippen molar-refractivity contribution < 1.29 is 15.0 Å². The third-order valence-electron chi connectivity index (χ3n) is 1.07. The second-order valence-electron chi connectivity index (χ2n) is 1.87. The summed E-state index contributed by atoms with van der Waals surface area (Å²) in [5.74, 6) is -1.17. The van der Waals surface area contributed by atoms with Crippen LogP contribution in [-0.4, -0.2) is 22.3 Å². The summed E-state index contributed by atoms with van der Waals surface area (Å²) in [7, 11) is 0. The Hall–Kier alpha value is -1.09. The van der Waals surface area contributed by atoms with E-state index in [-0.39, 0.29) is 12.0 Å². The fourth-order valence-electron chi connectivity index (χ4n) is 0.443. The lowest BCUT2D eigenvalue weighted by Gasteiger charge is -2.05. The highest BCUT2D eigenvalue weighted by Crippen LogP contribution is 2.03. The average molecular weight is 142 g/mol. The van der Waals surface area contributed by atoms with Crippen LogP contribution in [0.5, 0.6) is 0 Å². The molecule has 0 aliphatic carbocycles. The number of carboxylic acid groups (broad SMARTS) is 1. The number of aliphatic hydroxyl groups excluding tert-OH is 1. The zero-order valence-electron chi connectivity index (χ0n) is 5.58. The number of hydrogen-bond donors (Lipinski definition) is 2. The number of carbonyl (C=O) groups is 1. The third kappa shape index (κ3) is 2.46. The summed E-state index contributed by atoms with van der Waals surface area (Å²) in [4.78, 5) is 10.1. The number of hydrogen-bond acceptors (Lipinski definition) is 2. The van der Waals surface area contributed by atoms with E-state index in [1.165, 1.54) is 6.08 Å². The van der Waals surface area contributed by atoms with Crippen molar-refractivity contribution in [3.63, 3.8) is 0 Å². The van der Waals surface area contributed by atoms with Gasteiger partial charge in [0.05, 0.1) is 11.7 Å². The summed E-state index contributed by atoms with van der Waals surface area (Å²) in [6.07, 6.45) is 0.666. The molecule has 0 aliphatic heterocycles. The van der Waals surface area contributed by atoms with Gasteiger partial charge >= 0.3 is 5.97 Å². The van der Waals surface area contributed by atoms with Crippen molar-refractivity contribution in [1.29, 1.82) is 0 Å². The normalized spacial score (nSPS) is 12.1. The predicted molar refractivity (Wildman–Crippen MR) is 37.6 cm³/mol. The Kier molecular flexibility index (Phi) is 3.43. The molecule has 10 heavy (non-hydrogen) atoms. The second-order valence-corrected chi connectivity index (χ2v) is 1.87. The van der Waals surface area contributed by atoms with Gasteiger partial charge in [0.2, 0.25) is 0 Å². The van der Waals surface area contributed by atoms with E-state index in [9.17, 15) is 4.79 Å². The van der Waals surface area contributed by atoms with Crippen LogP contribution in [0.2, 0.25) is 0 Å². The lowest BCUT2D eigenvalue weighted by molar-refractivity contribution is -0.133. The van der Waals surface area contributed by atoms with Crippen molar-refractivity contribution in [2.24, 2.45) is 0 Å². The first-order chi connectivity index (χ1) is 4.59. The highest BCUT2D eigenvalue weighted by molar-refractivity contribution is 5.86. The Morgan fingerprint density at radius 2 is 2.20 bits per heavy atom. The predicted octanol–water partition coefficient (Wildman–Crippen LogP) is 0.564. The lowest BCUT2D eigenvalue weighted by Crippen LogP contribution is -2.15. The van der Waals surface area contributed by atoms with Gasteiger partial charge in [0, 0.05) is 0 Å². The van der Waals surface area contributed by atoms with E-state index in [2.05, 4.69) is 13.2 Å². The molecule has 0 radical (unpaired) electrons. The van der Waals surface area contributed by atoms with E-state index in [1.54, 1.807) is 0 Å². The van der Waals surface area contributed by atoms with Gasteiger partial charge in [0.25, 0.3) is 0 Å². The van der Waals surface area contributed by atoms with Crippen LogP contribution in [0.3, 0.4) is 0 Å². The molecule has 0 spiro atoms. The number of rotatable bonds is 4. The Bertz CT molecular complexity index is 160. The second kappa shape index (κ2) is 3.85. The molecule has 0 aliphatic rings. The molecule has 3 heteroatoms. The minimum Gasteiger partial charge on any atom is -0.478 e. The monoisotopic (exact) mass is 142 g/mol. The topological polar surface area (TPSA) is 57.5 Å². The highest BCUT2D eigenvalue weighted by atomic mass is 16.4. The Morgan fingerprint density at radius 1 is 1.70 bits per heavy atom. The molecular weight excluding hydrogens is 132 g/mol. The SMILES string of the molecule is C=CC[C@H](O)C(=C)C(=O)O. The van der Waals surface area contributed by atoms with Gasteiger partial charge in [-0.3, -0.25) is 0 Å². The van der Waals surface area contributed by atoms with Crippen molar-refractivity contribution >= 4 is 5.97 Å². The van der Waals surface area contributed by atoms with Gasteiger partial charge in [0.1, 0.15) is 0 Å². The fraction of sp³-hybridized carbons (Fsp3) is 0.286. The summed E-state index contributed by atoms with van der Waals surface area (Å²) in [6, 6.07) is 0. The number of aliphatic carboxylic acids is 1. The van der Waals surface area contributed by atoms with E-state index in [0.717, 1.165) is 0 Å². The standard InChI is InChI=1S/C7H10O3/c1-3-4-6(8)5(2)7(9)10/h3,6,8H,1-2,4H2,(H,9,10)/t6-/m0/s1. The summed E-state index contributed by atoms with van der Waals surface area (Å²) < 4.78 is 0. The zero-order chi connectivity index (χ0) is 8.15. The summed E-state index contributed by atoms with van der Waals surface area (Å²) in [6.45, 7) is 6.52. The molecule has 0 fully saturated rings. The number of carboxylic acids is 1. The molecule has 0 saturated heterocycles.